The Labute approximate surface area is 187 Å². The summed E-state index contributed by atoms with van der Waals surface area (Å²) in [6, 6.07) is 14.6. The zero-order valence-corrected chi connectivity index (χ0v) is 19.2. The van der Waals surface area contributed by atoms with E-state index < -0.39 is 5.97 Å². The molecule has 4 heteroatoms. The lowest BCUT2D eigenvalue weighted by Crippen LogP contribution is -2.12. The van der Waals surface area contributed by atoms with Crippen LogP contribution >= 0.6 is 0 Å². The smallest absolute Gasteiger partial charge is 0.347 e. The molecular formula is C27H38O4. The summed E-state index contributed by atoms with van der Waals surface area (Å²) < 4.78 is 17.4. The summed E-state index contributed by atoms with van der Waals surface area (Å²) in [5, 5.41) is 0. The van der Waals surface area contributed by atoms with Gasteiger partial charge in [0.2, 0.25) is 0 Å². The van der Waals surface area contributed by atoms with Crippen LogP contribution in [-0.2, 0) is 0 Å². The van der Waals surface area contributed by atoms with Crippen LogP contribution in [0.1, 0.15) is 88.4 Å². The number of carbonyl (C=O) groups excluding carboxylic acids is 1. The second-order valence-corrected chi connectivity index (χ2v) is 7.86. The van der Waals surface area contributed by atoms with Crippen LogP contribution in [0, 0.1) is 0 Å². The maximum atomic E-state index is 12.9. The molecule has 0 bridgehead atoms. The topological polar surface area (TPSA) is 44.8 Å². The van der Waals surface area contributed by atoms with E-state index in [0.717, 1.165) is 25.7 Å². The molecule has 0 saturated heterocycles. The van der Waals surface area contributed by atoms with Gasteiger partial charge in [-0.25, -0.2) is 4.79 Å². The molecular weight excluding hydrogens is 388 g/mol. The largest absolute Gasteiger partial charge is 0.493 e. The number of hydrogen-bond acceptors (Lipinski definition) is 4. The Bertz CT molecular complexity index is 756. The van der Waals surface area contributed by atoms with Gasteiger partial charge >= 0.3 is 5.97 Å². The first-order valence-corrected chi connectivity index (χ1v) is 11.9. The zero-order valence-electron chi connectivity index (χ0n) is 19.2. The lowest BCUT2D eigenvalue weighted by Gasteiger charge is -2.13. The van der Waals surface area contributed by atoms with Crippen LogP contribution in [0.15, 0.2) is 48.5 Å². The Balaban J connectivity index is 1.89. The van der Waals surface area contributed by atoms with Crippen molar-refractivity contribution in [1.29, 1.82) is 0 Å². The molecule has 0 unspecified atom stereocenters. The molecule has 2 aromatic rings. The van der Waals surface area contributed by atoms with Crippen molar-refractivity contribution in [3.63, 3.8) is 0 Å². The molecule has 0 saturated carbocycles. The van der Waals surface area contributed by atoms with Crippen LogP contribution in [0.25, 0.3) is 0 Å². The second-order valence-electron chi connectivity index (χ2n) is 7.86. The maximum absolute atomic E-state index is 12.9. The van der Waals surface area contributed by atoms with E-state index in [1.807, 2.05) is 36.4 Å². The third-order valence-corrected chi connectivity index (χ3v) is 5.17. The minimum Gasteiger partial charge on any atom is -0.493 e. The van der Waals surface area contributed by atoms with Gasteiger partial charge in [0.05, 0.1) is 13.2 Å². The van der Waals surface area contributed by atoms with Gasteiger partial charge in [0.25, 0.3) is 0 Å². The molecule has 0 aliphatic heterocycles. The van der Waals surface area contributed by atoms with Gasteiger partial charge in [-0.3, -0.25) is 0 Å². The van der Waals surface area contributed by atoms with E-state index in [0.29, 0.717) is 36.0 Å². The molecule has 0 radical (unpaired) electrons. The lowest BCUT2D eigenvalue weighted by molar-refractivity contribution is 0.0723. The molecule has 0 aliphatic carbocycles. The second kappa shape index (κ2) is 15.3. The minimum absolute atomic E-state index is 0.430. The number of esters is 1. The van der Waals surface area contributed by atoms with E-state index in [4.69, 9.17) is 14.2 Å². The van der Waals surface area contributed by atoms with E-state index >= 15 is 0 Å². The van der Waals surface area contributed by atoms with E-state index in [1.54, 1.807) is 12.1 Å². The van der Waals surface area contributed by atoms with Crippen LogP contribution < -0.4 is 14.2 Å². The standard InChI is InChI=1S/C27H38O4/c1-3-5-7-9-10-16-21-29-24-18-12-11-17-23(24)27(28)31-26-20-14-13-19-25(26)30-22-15-8-6-4-2/h11-14,17-20H,3-10,15-16,21-22H2,1-2H3. The Morgan fingerprint density at radius 1 is 0.613 bits per heavy atom. The SMILES string of the molecule is CCCCCCCCOc1ccccc1C(=O)Oc1ccccc1OCCCCCC. The highest BCUT2D eigenvalue weighted by Gasteiger charge is 2.16. The molecule has 2 aromatic carbocycles. The summed E-state index contributed by atoms with van der Waals surface area (Å²) in [5.41, 5.74) is 0.436. The van der Waals surface area contributed by atoms with Crippen molar-refractivity contribution >= 4 is 5.97 Å². The number of unbranched alkanes of at least 4 members (excludes halogenated alkanes) is 8. The first-order valence-electron chi connectivity index (χ1n) is 11.9. The number of para-hydroxylation sites is 3. The lowest BCUT2D eigenvalue weighted by atomic mass is 10.1. The molecule has 2 rings (SSSR count). The van der Waals surface area contributed by atoms with Crippen molar-refractivity contribution in [3.8, 4) is 17.2 Å². The number of carbonyl (C=O) groups is 1. The molecule has 170 valence electrons. The third-order valence-electron chi connectivity index (χ3n) is 5.17. The van der Waals surface area contributed by atoms with Gasteiger partial charge in [0.15, 0.2) is 11.5 Å². The molecule has 0 aliphatic rings. The fourth-order valence-corrected chi connectivity index (χ4v) is 3.35. The van der Waals surface area contributed by atoms with E-state index in [2.05, 4.69) is 13.8 Å². The zero-order chi connectivity index (χ0) is 22.2. The summed E-state index contributed by atoms with van der Waals surface area (Å²) in [5.74, 6) is 1.17. The summed E-state index contributed by atoms with van der Waals surface area (Å²) in [7, 11) is 0. The van der Waals surface area contributed by atoms with Crippen LogP contribution in [-0.4, -0.2) is 19.2 Å². The van der Waals surface area contributed by atoms with E-state index in [1.165, 1.54) is 38.5 Å². The maximum Gasteiger partial charge on any atom is 0.347 e. The number of rotatable bonds is 16. The van der Waals surface area contributed by atoms with Crippen molar-refractivity contribution in [3.05, 3.63) is 54.1 Å². The molecule has 0 amide bonds. The Morgan fingerprint density at radius 3 is 1.77 bits per heavy atom. The fourth-order valence-electron chi connectivity index (χ4n) is 3.35. The normalized spacial score (nSPS) is 10.6. The van der Waals surface area contributed by atoms with Gasteiger partial charge in [-0.05, 0) is 37.1 Å². The summed E-state index contributed by atoms with van der Waals surface area (Å²) in [6.07, 6.45) is 11.7. The van der Waals surface area contributed by atoms with Crippen molar-refractivity contribution in [1.82, 2.24) is 0 Å². The molecule has 0 atom stereocenters. The average Bonchev–Trinajstić information content (AvgIpc) is 2.79. The van der Waals surface area contributed by atoms with Gasteiger partial charge in [0, 0.05) is 0 Å². The molecule has 31 heavy (non-hydrogen) atoms. The highest BCUT2D eigenvalue weighted by molar-refractivity contribution is 5.94. The number of ether oxygens (including phenoxy) is 3. The van der Waals surface area contributed by atoms with Gasteiger partial charge in [-0.2, -0.15) is 0 Å². The van der Waals surface area contributed by atoms with E-state index in [9.17, 15) is 4.79 Å². The first-order chi connectivity index (χ1) is 15.3. The minimum atomic E-state index is -0.430. The van der Waals surface area contributed by atoms with Crippen molar-refractivity contribution in [2.45, 2.75) is 78.1 Å². The van der Waals surface area contributed by atoms with Gasteiger partial charge in [-0.15, -0.1) is 0 Å². The van der Waals surface area contributed by atoms with Crippen LogP contribution in [0.2, 0.25) is 0 Å². The van der Waals surface area contributed by atoms with E-state index in [-0.39, 0.29) is 0 Å². The summed E-state index contributed by atoms with van der Waals surface area (Å²) in [4.78, 5) is 12.9. The molecule has 0 aromatic heterocycles. The van der Waals surface area contributed by atoms with Crippen LogP contribution in [0.3, 0.4) is 0 Å². The van der Waals surface area contributed by atoms with Crippen molar-refractivity contribution < 1.29 is 19.0 Å². The molecule has 4 nitrogen and oxygen atoms in total. The predicted octanol–water partition coefficient (Wildman–Crippen LogP) is 7.60. The first kappa shape index (κ1) is 24.8. The number of benzene rings is 2. The Morgan fingerprint density at radius 2 is 1.10 bits per heavy atom. The van der Waals surface area contributed by atoms with Gasteiger partial charge in [0.1, 0.15) is 11.3 Å². The molecule has 0 fully saturated rings. The highest BCUT2D eigenvalue weighted by atomic mass is 16.6. The third kappa shape index (κ3) is 9.46. The van der Waals surface area contributed by atoms with Crippen LogP contribution in [0.5, 0.6) is 17.2 Å². The summed E-state index contributed by atoms with van der Waals surface area (Å²) in [6.45, 7) is 5.63. The molecule has 0 heterocycles. The van der Waals surface area contributed by atoms with Crippen molar-refractivity contribution in [2.24, 2.45) is 0 Å². The monoisotopic (exact) mass is 426 g/mol. The van der Waals surface area contributed by atoms with Gasteiger partial charge < -0.3 is 14.2 Å². The Kier molecular flexibility index (Phi) is 12.3. The molecule has 0 spiro atoms. The number of hydrogen-bond donors (Lipinski definition) is 0. The summed E-state index contributed by atoms with van der Waals surface area (Å²) >= 11 is 0. The average molecular weight is 427 g/mol. The highest BCUT2D eigenvalue weighted by Crippen LogP contribution is 2.29. The van der Waals surface area contributed by atoms with Gasteiger partial charge in [-0.1, -0.05) is 89.5 Å². The van der Waals surface area contributed by atoms with Crippen molar-refractivity contribution in [2.75, 3.05) is 13.2 Å². The predicted molar refractivity (Wildman–Crippen MR) is 126 cm³/mol. The quantitative estimate of drug-likeness (QED) is 0.157. The Hall–Kier alpha value is -2.49. The van der Waals surface area contributed by atoms with Crippen LogP contribution in [0.4, 0.5) is 0 Å². The fraction of sp³-hybridized carbons (Fsp3) is 0.519. The molecule has 0 N–H and O–H groups in total.